The van der Waals surface area contributed by atoms with E-state index in [0.717, 1.165) is 0 Å². The minimum absolute atomic E-state index is 0.0519. The van der Waals surface area contributed by atoms with Gasteiger partial charge < -0.3 is 5.32 Å². The fourth-order valence-electron chi connectivity index (χ4n) is 2.51. The lowest BCUT2D eigenvalue weighted by atomic mass is 10.2. The molecular formula is C19H19Cl2FN6OS. The summed E-state index contributed by atoms with van der Waals surface area (Å²) in [5.41, 5.74) is 0.704. The lowest BCUT2D eigenvalue weighted by Gasteiger charge is -2.20. The zero-order valence-electron chi connectivity index (χ0n) is 16.4. The predicted octanol–water partition coefficient (Wildman–Crippen LogP) is 4.46. The number of rotatable bonds is 7. The van der Waals surface area contributed by atoms with Gasteiger partial charge in [0.15, 0.2) is 16.8 Å². The van der Waals surface area contributed by atoms with E-state index < -0.39 is 0 Å². The summed E-state index contributed by atoms with van der Waals surface area (Å²) in [7, 11) is 3.86. The monoisotopic (exact) mass is 468 g/mol. The molecule has 11 heteroatoms. The number of hydrogen-bond donors (Lipinski definition) is 1. The summed E-state index contributed by atoms with van der Waals surface area (Å²) in [6.45, 7) is 1.99. The zero-order chi connectivity index (χ0) is 21.8. The van der Waals surface area contributed by atoms with Gasteiger partial charge in [0.05, 0.1) is 21.8 Å². The molecule has 0 saturated carbocycles. The number of aromatic nitrogens is 4. The molecule has 0 aliphatic rings. The summed E-state index contributed by atoms with van der Waals surface area (Å²) in [6, 6.07) is 7.48. The van der Waals surface area contributed by atoms with Crippen LogP contribution in [0.5, 0.6) is 0 Å². The molecule has 0 saturated heterocycles. The van der Waals surface area contributed by atoms with Gasteiger partial charge in [0.1, 0.15) is 5.82 Å². The lowest BCUT2D eigenvalue weighted by molar-refractivity contribution is -0.113. The number of thioether (sulfide) groups is 1. The molecule has 0 bridgehead atoms. The average Bonchev–Trinajstić information content (AvgIpc) is 3.12. The summed E-state index contributed by atoms with van der Waals surface area (Å²) in [6.07, 6.45) is 1.40. The molecule has 3 rings (SSSR count). The third kappa shape index (κ3) is 5.28. The Kier molecular flexibility index (Phi) is 7.30. The highest BCUT2D eigenvalue weighted by atomic mass is 35.5. The van der Waals surface area contributed by atoms with Gasteiger partial charge in [-0.1, -0.05) is 35.0 Å². The molecule has 7 nitrogen and oxygen atoms in total. The zero-order valence-corrected chi connectivity index (χ0v) is 18.8. The van der Waals surface area contributed by atoms with E-state index in [1.165, 1.54) is 36.2 Å². The van der Waals surface area contributed by atoms with Crippen molar-refractivity contribution in [2.75, 3.05) is 25.2 Å². The molecule has 0 radical (unpaired) electrons. The van der Waals surface area contributed by atoms with Crippen molar-refractivity contribution in [3.8, 4) is 5.69 Å². The molecule has 30 heavy (non-hydrogen) atoms. The van der Waals surface area contributed by atoms with E-state index in [-0.39, 0.29) is 34.4 Å². The molecule has 0 fully saturated rings. The van der Waals surface area contributed by atoms with Crippen LogP contribution in [0.15, 0.2) is 41.7 Å². The van der Waals surface area contributed by atoms with Gasteiger partial charge in [0.2, 0.25) is 5.91 Å². The lowest BCUT2D eigenvalue weighted by Crippen LogP contribution is -2.21. The van der Waals surface area contributed by atoms with Crippen molar-refractivity contribution in [2.45, 2.75) is 18.1 Å². The van der Waals surface area contributed by atoms with Crippen LogP contribution in [0.4, 0.5) is 10.2 Å². The van der Waals surface area contributed by atoms with E-state index in [0.29, 0.717) is 21.7 Å². The van der Waals surface area contributed by atoms with Crippen LogP contribution in [-0.4, -0.2) is 50.4 Å². The maximum absolute atomic E-state index is 13.4. The quantitative estimate of drug-likeness (QED) is 0.515. The summed E-state index contributed by atoms with van der Waals surface area (Å²) >= 11 is 13.1. The fraction of sp³-hybridized carbons (Fsp3) is 0.263. The summed E-state index contributed by atoms with van der Waals surface area (Å²) < 4.78 is 15.2. The molecule has 158 valence electrons. The number of halogens is 3. The van der Waals surface area contributed by atoms with Gasteiger partial charge in [-0.25, -0.2) is 9.37 Å². The summed E-state index contributed by atoms with van der Waals surface area (Å²) in [4.78, 5) is 18.4. The average molecular weight is 469 g/mol. The van der Waals surface area contributed by atoms with Crippen LogP contribution in [0.2, 0.25) is 10.0 Å². The molecule has 2 heterocycles. The number of anilines is 1. The van der Waals surface area contributed by atoms with E-state index in [9.17, 15) is 9.18 Å². The van der Waals surface area contributed by atoms with E-state index >= 15 is 0 Å². The number of carbonyl (C=O) groups is 1. The number of hydrogen-bond acceptors (Lipinski definition) is 6. The standard InChI is InChI=1S/C19H19Cl2FN6OS/c1-11(27(2)3)18-25-26-19(28(18)14-6-4-13(22)5-7-14)30-10-16(29)24-17-15(21)8-12(20)9-23-17/h4-9,11H,10H2,1-3H3,(H,23,24,29)/t11-/m1/s1. The van der Waals surface area contributed by atoms with Crippen LogP contribution in [-0.2, 0) is 4.79 Å². The Morgan fingerprint density at radius 2 is 1.97 bits per heavy atom. The molecule has 0 aliphatic carbocycles. The predicted molar refractivity (Wildman–Crippen MR) is 117 cm³/mol. The van der Waals surface area contributed by atoms with Crippen molar-refractivity contribution in [2.24, 2.45) is 0 Å². The smallest absolute Gasteiger partial charge is 0.236 e. The highest BCUT2D eigenvalue weighted by Gasteiger charge is 2.21. The molecule has 1 N–H and O–H groups in total. The van der Waals surface area contributed by atoms with Crippen molar-refractivity contribution in [3.05, 3.63) is 58.2 Å². The molecular weight excluding hydrogens is 450 g/mol. The maximum Gasteiger partial charge on any atom is 0.236 e. The van der Waals surface area contributed by atoms with Crippen molar-refractivity contribution < 1.29 is 9.18 Å². The second kappa shape index (κ2) is 9.74. The van der Waals surface area contributed by atoms with Gasteiger partial charge in [-0.05, 0) is 51.4 Å². The van der Waals surface area contributed by atoms with Gasteiger partial charge in [-0.2, -0.15) is 0 Å². The van der Waals surface area contributed by atoms with Crippen LogP contribution in [0.1, 0.15) is 18.8 Å². The van der Waals surface area contributed by atoms with Crippen LogP contribution >= 0.6 is 35.0 Å². The van der Waals surface area contributed by atoms with Gasteiger partial charge in [0, 0.05) is 11.9 Å². The first kappa shape index (κ1) is 22.5. The molecule has 1 atom stereocenters. The van der Waals surface area contributed by atoms with E-state index in [2.05, 4.69) is 20.5 Å². The Labute approximate surface area is 187 Å². The van der Waals surface area contributed by atoms with Crippen molar-refractivity contribution in [1.82, 2.24) is 24.6 Å². The van der Waals surface area contributed by atoms with Gasteiger partial charge in [-0.3, -0.25) is 14.3 Å². The largest absolute Gasteiger partial charge is 0.309 e. The minimum atomic E-state index is -0.338. The Morgan fingerprint density at radius 1 is 1.27 bits per heavy atom. The molecule has 3 aromatic rings. The molecule has 2 aromatic heterocycles. The topological polar surface area (TPSA) is 75.9 Å². The number of amides is 1. The highest BCUT2D eigenvalue weighted by Crippen LogP contribution is 2.27. The first-order valence-electron chi connectivity index (χ1n) is 8.87. The Morgan fingerprint density at radius 3 is 2.60 bits per heavy atom. The third-order valence-corrected chi connectivity index (χ3v) is 5.71. The summed E-state index contributed by atoms with van der Waals surface area (Å²) in [5, 5.41) is 12.3. The number of nitrogens with one attached hydrogen (secondary N) is 1. The highest BCUT2D eigenvalue weighted by molar-refractivity contribution is 7.99. The second-order valence-electron chi connectivity index (χ2n) is 6.61. The van der Waals surface area contributed by atoms with Crippen LogP contribution < -0.4 is 5.32 Å². The number of nitrogens with zero attached hydrogens (tertiary/aromatic N) is 5. The minimum Gasteiger partial charge on any atom is -0.309 e. The Hall–Kier alpha value is -2.20. The fourth-order valence-corrected chi connectivity index (χ4v) is 3.70. The third-order valence-electron chi connectivity index (χ3n) is 4.29. The Bertz CT molecular complexity index is 1040. The van der Waals surface area contributed by atoms with Crippen molar-refractivity contribution >= 4 is 46.7 Å². The van der Waals surface area contributed by atoms with Crippen LogP contribution in [0.25, 0.3) is 5.69 Å². The number of pyridine rings is 1. The van der Waals surface area contributed by atoms with E-state index in [4.69, 9.17) is 23.2 Å². The van der Waals surface area contributed by atoms with Gasteiger partial charge in [0.25, 0.3) is 0 Å². The first-order valence-corrected chi connectivity index (χ1v) is 10.6. The second-order valence-corrected chi connectivity index (χ2v) is 8.40. The van der Waals surface area contributed by atoms with Crippen molar-refractivity contribution in [3.63, 3.8) is 0 Å². The molecule has 1 amide bonds. The summed E-state index contributed by atoms with van der Waals surface area (Å²) in [5.74, 6) is 0.309. The van der Waals surface area contributed by atoms with E-state index in [1.54, 1.807) is 12.1 Å². The van der Waals surface area contributed by atoms with Crippen molar-refractivity contribution in [1.29, 1.82) is 0 Å². The number of carbonyl (C=O) groups excluding carboxylic acids is 1. The molecule has 0 unspecified atom stereocenters. The normalized spacial score (nSPS) is 12.2. The molecule has 1 aromatic carbocycles. The van der Waals surface area contributed by atoms with Gasteiger partial charge in [-0.15, -0.1) is 10.2 Å². The van der Waals surface area contributed by atoms with Gasteiger partial charge >= 0.3 is 0 Å². The maximum atomic E-state index is 13.4. The van der Waals surface area contributed by atoms with Crippen LogP contribution in [0, 0.1) is 5.82 Å². The molecule has 0 spiro atoms. The van der Waals surface area contributed by atoms with E-state index in [1.807, 2.05) is 30.5 Å². The molecule has 0 aliphatic heterocycles. The number of benzene rings is 1. The van der Waals surface area contributed by atoms with Crippen LogP contribution in [0.3, 0.4) is 0 Å². The SMILES string of the molecule is C[C@H](c1nnc(SCC(=O)Nc2ncc(Cl)cc2Cl)n1-c1ccc(F)cc1)N(C)C. The first-order chi connectivity index (χ1) is 14.3. The Balaban J connectivity index is 1.81.